The van der Waals surface area contributed by atoms with E-state index in [-0.39, 0.29) is 17.5 Å². The summed E-state index contributed by atoms with van der Waals surface area (Å²) in [6, 6.07) is 20.0. The van der Waals surface area contributed by atoms with E-state index < -0.39 is 24.0 Å². The van der Waals surface area contributed by atoms with Gasteiger partial charge < -0.3 is 15.2 Å². The number of alkyl carbamates (subject to hydrolysis) is 1. The second kappa shape index (κ2) is 9.23. The van der Waals surface area contributed by atoms with Crippen molar-refractivity contribution in [3.63, 3.8) is 0 Å². The summed E-state index contributed by atoms with van der Waals surface area (Å²) in [6.07, 6.45) is -0.698. The summed E-state index contributed by atoms with van der Waals surface area (Å²) in [5.74, 6) is -2.05. The number of carbonyl (C=O) groups is 2. The van der Waals surface area contributed by atoms with Crippen LogP contribution in [-0.4, -0.2) is 23.8 Å². The van der Waals surface area contributed by atoms with Crippen molar-refractivity contribution < 1.29 is 19.4 Å². The molecule has 2 N–H and O–H groups in total. The van der Waals surface area contributed by atoms with E-state index in [4.69, 9.17) is 27.9 Å². The first-order valence-corrected chi connectivity index (χ1v) is 10.9. The highest BCUT2D eigenvalue weighted by molar-refractivity contribution is 6.42. The summed E-state index contributed by atoms with van der Waals surface area (Å²) in [4.78, 5) is 24.3. The van der Waals surface area contributed by atoms with Gasteiger partial charge in [0.25, 0.3) is 0 Å². The highest BCUT2D eigenvalue weighted by atomic mass is 35.5. The van der Waals surface area contributed by atoms with Crippen molar-refractivity contribution in [1.29, 1.82) is 0 Å². The lowest BCUT2D eigenvalue weighted by molar-refractivity contribution is -0.142. The predicted molar refractivity (Wildman–Crippen MR) is 124 cm³/mol. The van der Waals surface area contributed by atoms with Crippen LogP contribution in [-0.2, 0) is 9.53 Å². The van der Waals surface area contributed by atoms with E-state index in [0.29, 0.717) is 10.6 Å². The summed E-state index contributed by atoms with van der Waals surface area (Å²) < 4.78 is 5.57. The van der Waals surface area contributed by atoms with Crippen molar-refractivity contribution in [3.05, 3.63) is 93.5 Å². The molecule has 0 fully saturated rings. The molecule has 0 saturated heterocycles. The predicted octanol–water partition coefficient (Wildman–Crippen LogP) is 6.29. The molecule has 1 aliphatic carbocycles. The standard InChI is InChI=1S/C25H21Cl2NO4/c1-14(24(29)30)23(15-10-11-21(26)22(27)12-15)28-25(31)32-13-20-18-8-4-2-6-16(18)17-7-3-5-9-19(17)20/h2-12,14,20,23H,13H2,1H3,(H,28,31)(H,29,30). The van der Waals surface area contributed by atoms with Gasteiger partial charge in [0.05, 0.1) is 22.0 Å². The lowest BCUT2D eigenvalue weighted by Gasteiger charge is -2.23. The van der Waals surface area contributed by atoms with Crippen molar-refractivity contribution in [2.75, 3.05) is 6.61 Å². The molecule has 0 saturated carbocycles. The minimum Gasteiger partial charge on any atom is -0.481 e. The Labute approximate surface area is 195 Å². The number of hydrogen-bond acceptors (Lipinski definition) is 3. The first-order chi connectivity index (χ1) is 15.4. The van der Waals surface area contributed by atoms with Gasteiger partial charge in [-0.15, -0.1) is 0 Å². The summed E-state index contributed by atoms with van der Waals surface area (Å²) >= 11 is 12.1. The number of ether oxygens (including phenoxy) is 1. The quantitative estimate of drug-likeness (QED) is 0.444. The highest BCUT2D eigenvalue weighted by Crippen LogP contribution is 2.44. The number of fused-ring (bicyclic) bond motifs is 3. The van der Waals surface area contributed by atoms with Crippen molar-refractivity contribution in [3.8, 4) is 11.1 Å². The molecule has 3 aromatic carbocycles. The third-order valence-electron chi connectivity index (χ3n) is 5.81. The molecule has 2 unspecified atom stereocenters. The lowest BCUT2D eigenvalue weighted by atomic mass is 9.94. The third-order valence-corrected chi connectivity index (χ3v) is 6.55. The molecular weight excluding hydrogens is 449 g/mol. The summed E-state index contributed by atoms with van der Waals surface area (Å²) in [5.41, 5.74) is 4.99. The number of carboxylic acids is 1. The lowest BCUT2D eigenvalue weighted by Crippen LogP contribution is -2.36. The highest BCUT2D eigenvalue weighted by Gasteiger charge is 2.31. The van der Waals surface area contributed by atoms with Gasteiger partial charge in [-0.3, -0.25) is 4.79 Å². The molecule has 32 heavy (non-hydrogen) atoms. The van der Waals surface area contributed by atoms with Crippen LogP contribution in [0.25, 0.3) is 11.1 Å². The van der Waals surface area contributed by atoms with Crippen LogP contribution in [0.4, 0.5) is 4.79 Å². The Hall–Kier alpha value is -3.02. The van der Waals surface area contributed by atoms with E-state index in [1.807, 2.05) is 36.4 Å². The fourth-order valence-electron chi connectivity index (χ4n) is 4.11. The van der Waals surface area contributed by atoms with E-state index in [9.17, 15) is 14.7 Å². The van der Waals surface area contributed by atoms with Gasteiger partial charge in [0.15, 0.2) is 0 Å². The van der Waals surface area contributed by atoms with Crippen molar-refractivity contribution in [1.82, 2.24) is 5.32 Å². The Kier molecular flexibility index (Phi) is 6.40. The van der Waals surface area contributed by atoms with Gasteiger partial charge in [0, 0.05) is 5.92 Å². The number of hydrogen-bond donors (Lipinski definition) is 2. The molecule has 0 spiro atoms. The number of benzene rings is 3. The van der Waals surface area contributed by atoms with Crippen LogP contribution in [0.1, 0.15) is 35.6 Å². The number of halogens is 2. The SMILES string of the molecule is CC(C(=O)O)C(NC(=O)OCC1c2ccccc2-c2ccccc21)c1ccc(Cl)c(Cl)c1. The summed E-state index contributed by atoms with van der Waals surface area (Å²) in [5, 5.41) is 12.8. The van der Waals surface area contributed by atoms with Crippen molar-refractivity contribution in [2.45, 2.75) is 18.9 Å². The van der Waals surface area contributed by atoms with Crippen LogP contribution < -0.4 is 5.32 Å². The van der Waals surface area contributed by atoms with Gasteiger partial charge in [-0.1, -0.05) is 77.8 Å². The Bertz CT molecular complexity index is 1130. The monoisotopic (exact) mass is 469 g/mol. The Morgan fingerprint density at radius 2 is 1.56 bits per heavy atom. The van der Waals surface area contributed by atoms with E-state index in [0.717, 1.165) is 22.3 Å². The normalized spacial score (nSPS) is 14.2. The van der Waals surface area contributed by atoms with Crippen LogP contribution in [0.2, 0.25) is 10.0 Å². The van der Waals surface area contributed by atoms with E-state index in [2.05, 4.69) is 17.4 Å². The topological polar surface area (TPSA) is 75.6 Å². The van der Waals surface area contributed by atoms with Crippen LogP contribution in [0.15, 0.2) is 66.7 Å². The molecule has 164 valence electrons. The molecule has 0 heterocycles. The second-order valence-electron chi connectivity index (χ2n) is 7.75. The molecule has 7 heteroatoms. The first-order valence-electron chi connectivity index (χ1n) is 10.2. The average molecular weight is 470 g/mol. The molecule has 1 amide bonds. The van der Waals surface area contributed by atoms with Crippen LogP contribution in [0.5, 0.6) is 0 Å². The van der Waals surface area contributed by atoms with Gasteiger partial charge in [-0.2, -0.15) is 0 Å². The van der Waals surface area contributed by atoms with Crippen LogP contribution in [0.3, 0.4) is 0 Å². The molecule has 0 aromatic heterocycles. The van der Waals surface area contributed by atoms with Crippen molar-refractivity contribution in [2.24, 2.45) is 5.92 Å². The largest absolute Gasteiger partial charge is 0.481 e. The van der Waals surface area contributed by atoms with Crippen molar-refractivity contribution >= 4 is 35.3 Å². The third kappa shape index (κ3) is 4.31. The first kappa shape index (κ1) is 22.2. The Morgan fingerprint density at radius 3 is 2.12 bits per heavy atom. The molecule has 0 radical (unpaired) electrons. The van der Waals surface area contributed by atoms with Gasteiger partial charge in [0.1, 0.15) is 6.61 Å². The van der Waals surface area contributed by atoms with E-state index >= 15 is 0 Å². The summed E-state index contributed by atoms with van der Waals surface area (Å²) in [7, 11) is 0. The Morgan fingerprint density at radius 1 is 0.969 bits per heavy atom. The number of rotatable bonds is 6. The van der Waals surface area contributed by atoms with Gasteiger partial charge in [0.2, 0.25) is 0 Å². The number of amides is 1. The zero-order chi connectivity index (χ0) is 22.8. The molecule has 0 aliphatic heterocycles. The average Bonchev–Trinajstić information content (AvgIpc) is 3.11. The number of nitrogens with one attached hydrogen (secondary N) is 1. The number of carbonyl (C=O) groups excluding carboxylic acids is 1. The zero-order valence-electron chi connectivity index (χ0n) is 17.2. The van der Waals surface area contributed by atoms with Gasteiger partial charge in [-0.05, 0) is 46.9 Å². The van der Waals surface area contributed by atoms with Crippen LogP contribution >= 0.6 is 23.2 Å². The minimum atomic E-state index is -1.06. The number of aliphatic carboxylic acids is 1. The maximum atomic E-state index is 12.7. The molecule has 5 nitrogen and oxygen atoms in total. The van der Waals surface area contributed by atoms with Gasteiger partial charge >= 0.3 is 12.1 Å². The molecule has 1 aliphatic rings. The molecular formula is C25H21Cl2NO4. The summed E-state index contributed by atoms with van der Waals surface area (Å²) in [6.45, 7) is 1.65. The zero-order valence-corrected chi connectivity index (χ0v) is 18.7. The van der Waals surface area contributed by atoms with Crippen LogP contribution in [0, 0.1) is 5.92 Å². The Balaban J connectivity index is 1.52. The van der Waals surface area contributed by atoms with E-state index in [1.54, 1.807) is 18.2 Å². The fourth-order valence-corrected chi connectivity index (χ4v) is 4.42. The second-order valence-corrected chi connectivity index (χ2v) is 8.56. The molecule has 4 rings (SSSR count). The molecule has 2 atom stereocenters. The van der Waals surface area contributed by atoms with E-state index in [1.165, 1.54) is 6.92 Å². The molecule has 3 aromatic rings. The fraction of sp³-hybridized carbons (Fsp3) is 0.200. The molecule has 0 bridgehead atoms. The number of carboxylic acid groups (broad SMARTS) is 1. The van der Waals surface area contributed by atoms with Gasteiger partial charge in [-0.25, -0.2) is 4.79 Å². The smallest absolute Gasteiger partial charge is 0.407 e. The minimum absolute atomic E-state index is 0.0894. The maximum Gasteiger partial charge on any atom is 0.407 e. The maximum absolute atomic E-state index is 12.7.